The number of nitrogens with one attached hydrogen (secondary N) is 1. The van der Waals surface area contributed by atoms with Gasteiger partial charge in [-0.1, -0.05) is 35.9 Å². The molecule has 0 saturated heterocycles. The van der Waals surface area contributed by atoms with E-state index in [0.29, 0.717) is 20.8 Å². The minimum Gasteiger partial charge on any atom is -0.462 e. The summed E-state index contributed by atoms with van der Waals surface area (Å²) >= 11 is 7.08. The fraction of sp³-hybridized carbons (Fsp3) is 0.167. The van der Waals surface area contributed by atoms with Gasteiger partial charge in [0.15, 0.2) is 0 Å². The first-order valence-electron chi connectivity index (χ1n) is 7.81. The molecule has 0 saturated carbocycles. The highest BCUT2D eigenvalue weighted by Gasteiger charge is 2.29. The van der Waals surface area contributed by atoms with Crippen molar-refractivity contribution in [1.82, 2.24) is 0 Å². The van der Waals surface area contributed by atoms with E-state index in [1.165, 1.54) is 6.07 Å². The van der Waals surface area contributed by atoms with E-state index in [2.05, 4.69) is 4.72 Å². The van der Waals surface area contributed by atoms with E-state index in [-0.39, 0.29) is 16.4 Å². The van der Waals surface area contributed by atoms with Gasteiger partial charge in [0.25, 0.3) is 10.0 Å². The fourth-order valence-corrected chi connectivity index (χ4v) is 5.61. The zero-order chi connectivity index (χ0) is 18.9. The molecule has 3 rings (SSSR count). The van der Waals surface area contributed by atoms with Gasteiger partial charge in [0.05, 0.1) is 12.3 Å². The van der Waals surface area contributed by atoms with E-state index in [9.17, 15) is 13.2 Å². The number of carbonyl (C=O) groups is 1. The number of rotatable bonds is 5. The third-order valence-electron chi connectivity index (χ3n) is 3.72. The molecule has 26 heavy (non-hydrogen) atoms. The maximum Gasteiger partial charge on any atom is 0.349 e. The zero-order valence-corrected chi connectivity index (χ0v) is 16.5. The summed E-state index contributed by atoms with van der Waals surface area (Å²) in [6.45, 7) is 3.60. The molecule has 136 valence electrons. The topological polar surface area (TPSA) is 72.5 Å². The highest BCUT2D eigenvalue weighted by molar-refractivity contribution is 7.93. The molecule has 0 radical (unpaired) electrons. The van der Waals surface area contributed by atoms with Gasteiger partial charge in [-0.15, -0.1) is 11.3 Å². The summed E-state index contributed by atoms with van der Waals surface area (Å²) in [7, 11) is -4.03. The molecule has 0 spiro atoms. The van der Waals surface area contributed by atoms with Crippen LogP contribution in [0.3, 0.4) is 0 Å². The van der Waals surface area contributed by atoms with E-state index < -0.39 is 16.0 Å². The van der Waals surface area contributed by atoms with Gasteiger partial charge in [0.2, 0.25) is 0 Å². The molecule has 0 atom stereocenters. The summed E-state index contributed by atoms with van der Waals surface area (Å²) in [4.78, 5) is 12.3. The lowest BCUT2D eigenvalue weighted by atomic mass is 10.2. The first-order chi connectivity index (χ1) is 12.3. The normalized spacial score (nSPS) is 11.5. The Bertz CT molecular complexity index is 1090. The number of hydrogen-bond acceptors (Lipinski definition) is 5. The number of thiophene rings is 1. The number of benzene rings is 2. The number of halogens is 1. The number of ether oxygens (including phenoxy) is 1. The maximum absolute atomic E-state index is 13.1. The molecule has 0 aliphatic carbocycles. The molecule has 0 aliphatic rings. The number of anilines is 1. The minimum atomic E-state index is -4.03. The van der Waals surface area contributed by atoms with Crippen molar-refractivity contribution in [2.75, 3.05) is 11.3 Å². The van der Waals surface area contributed by atoms with Gasteiger partial charge in [-0.05, 0) is 37.6 Å². The van der Waals surface area contributed by atoms with Gasteiger partial charge in [0.1, 0.15) is 9.77 Å². The third kappa shape index (κ3) is 3.56. The highest BCUT2D eigenvalue weighted by atomic mass is 35.5. The summed E-state index contributed by atoms with van der Waals surface area (Å²) in [5.41, 5.74) is 1.08. The zero-order valence-electron chi connectivity index (χ0n) is 14.1. The second-order valence-corrected chi connectivity index (χ2v) is 8.65. The van der Waals surface area contributed by atoms with Crippen molar-refractivity contribution in [3.8, 4) is 0 Å². The Hall–Kier alpha value is -2.09. The van der Waals surface area contributed by atoms with Gasteiger partial charge < -0.3 is 4.74 Å². The van der Waals surface area contributed by atoms with Gasteiger partial charge >= 0.3 is 5.97 Å². The SMILES string of the molecule is CCOC(=O)c1sc2ccccc2c1S(=O)(=O)Nc1cc(Cl)ccc1C. The smallest absolute Gasteiger partial charge is 0.349 e. The minimum absolute atomic E-state index is 0.0558. The Morgan fingerprint density at radius 1 is 1.23 bits per heavy atom. The number of carbonyl (C=O) groups excluding carboxylic acids is 1. The number of esters is 1. The first kappa shape index (κ1) is 18.7. The van der Waals surface area contributed by atoms with Crippen molar-refractivity contribution in [2.24, 2.45) is 0 Å². The lowest BCUT2D eigenvalue weighted by molar-refractivity contribution is 0.0528. The van der Waals surface area contributed by atoms with Crippen LogP contribution in [0.15, 0.2) is 47.4 Å². The molecule has 0 bridgehead atoms. The Kier molecular flexibility index (Phi) is 5.22. The Labute approximate surface area is 160 Å². The molecular weight excluding hydrogens is 394 g/mol. The third-order valence-corrected chi connectivity index (χ3v) is 6.69. The van der Waals surface area contributed by atoms with Gasteiger partial charge in [-0.25, -0.2) is 13.2 Å². The summed E-state index contributed by atoms with van der Waals surface area (Å²) in [6.07, 6.45) is 0. The van der Waals surface area contributed by atoms with Crippen LogP contribution in [0.2, 0.25) is 5.02 Å². The molecule has 0 fully saturated rings. The summed E-state index contributed by atoms with van der Waals surface area (Å²) < 4.78 is 34.5. The Balaban J connectivity index is 2.17. The quantitative estimate of drug-likeness (QED) is 0.612. The van der Waals surface area contributed by atoms with E-state index >= 15 is 0 Å². The largest absolute Gasteiger partial charge is 0.462 e. The van der Waals surface area contributed by atoms with Crippen molar-refractivity contribution in [2.45, 2.75) is 18.7 Å². The molecule has 2 aromatic carbocycles. The van der Waals surface area contributed by atoms with Gasteiger partial charge in [0, 0.05) is 15.1 Å². The maximum atomic E-state index is 13.1. The van der Waals surface area contributed by atoms with Crippen molar-refractivity contribution in [3.63, 3.8) is 0 Å². The summed E-state index contributed by atoms with van der Waals surface area (Å²) in [6, 6.07) is 11.9. The van der Waals surface area contributed by atoms with Crippen LogP contribution in [0, 0.1) is 6.92 Å². The van der Waals surface area contributed by atoms with E-state index in [0.717, 1.165) is 16.9 Å². The van der Waals surface area contributed by atoms with Crippen molar-refractivity contribution >= 4 is 54.7 Å². The second-order valence-electron chi connectivity index (χ2n) is 5.54. The van der Waals surface area contributed by atoms with Crippen LogP contribution in [0.1, 0.15) is 22.2 Å². The van der Waals surface area contributed by atoms with Crippen molar-refractivity contribution in [1.29, 1.82) is 0 Å². The number of hydrogen-bond donors (Lipinski definition) is 1. The summed E-state index contributed by atoms with van der Waals surface area (Å²) in [5.74, 6) is -0.656. The lowest BCUT2D eigenvalue weighted by Gasteiger charge is -2.12. The average molecular weight is 410 g/mol. The van der Waals surface area contributed by atoms with Crippen LogP contribution in [-0.4, -0.2) is 21.0 Å². The number of fused-ring (bicyclic) bond motifs is 1. The molecule has 0 unspecified atom stereocenters. The van der Waals surface area contributed by atoms with Crippen LogP contribution in [0.5, 0.6) is 0 Å². The van der Waals surface area contributed by atoms with Crippen molar-refractivity contribution < 1.29 is 17.9 Å². The highest BCUT2D eigenvalue weighted by Crippen LogP contribution is 2.36. The van der Waals surface area contributed by atoms with Crippen LogP contribution in [-0.2, 0) is 14.8 Å². The van der Waals surface area contributed by atoms with Crippen LogP contribution in [0.4, 0.5) is 5.69 Å². The van der Waals surface area contributed by atoms with Crippen molar-refractivity contribution in [3.05, 3.63) is 57.9 Å². The lowest BCUT2D eigenvalue weighted by Crippen LogP contribution is -2.17. The van der Waals surface area contributed by atoms with Crippen LogP contribution < -0.4 is 4.72 Å². The second kappa shape index (κ2) is 7.26. The molecule has 0 aliphatic heterocycles. The number of aryl methyl sites for hydroxylation is 1. The molecule has 3 aromatic rings. The predicted molar refractivity (Wildman–Crippen MR) is 105 cm³/mol. The summed E-state index contributed by atoms with van der Waals surface area (Å²) in [5, 5.41) is 0.891. The van der Waals surface area contributed by atoms with E-state index in [1.807, 2.05) is 0 Å². The predicted octanol–water partition coefficient (Wildman–Crippen LogP) is 4.84. The molecular formula is C18H16ClNO4S2. The molecule has 1 aromatic heterocycles. The van der Waals surface area contributed by atoms with E-state index in [4.69, 9.17) is 16.3 Å². The Morgan fingerprint density at radius 3 is 2.69 bits per heavy atom. The first-order valence-corrected chi connectivity index (χ1v) is 10.5. The van der Waals surface area contributed by atoms with Gasteiger partial charge in [-0.3, -0.25) is 4.72 Å². The average Bonchev–Trinajstić information content (AvgIpc) is 2.99. The molecule has 5 nitrogen and oxygen atoms in total. The Morgan fingerprint density at radius 2 is 1.96 bits per heavy atom. The van der Waals surface area contributed by atoms with E-state index in [1.54, 1.807) is 50.2 Å². The monoisotopic (exact) mass is 409 g/mol. The molecule has 1 N–H and O–H groups in total. The van der Waals surface area contributed by atoms with Gasteiger partial charge in [-0.2, -0.15) is 0 Å². The van der Waals surface area contributed by atoms with Crippen LogP contribution in [0.25, 0.3) is 10.1 Å². The fourth-order valence-electron chi connectivity index (χ4n) is 2.52. The molecule has 8 heteroatoms. The number of sulfonamides is 1. The molecule has 0 amide bonds. The standard InChI is InChI=1S/C18H16ClNO4S2/c1-3-24-18(21)16-17(13-6-4-5-7-15(13)25-16)26(22,23)20-14-10-12(19)9-8-11(14)2/h4-10,20H,3H2,1-2H3. The molecule has 1 heterocycles. The van der Waals surface area contributed by atoms with Crippen LogP contribution >= 0.6 is 22.9 Å².